The Labute approximate surface area is 113 Å². The Kier molecular flexibility index (Phi) is 3.13. The standard InChI is InChI=1S/C12H9FO6S/c1-20(17,18)12(7-3-2-4-8(13)5-7)10(14)6-9(19-12)11(15)16/h2-6H,1H3,(H,15,16). The molecule has 0 spiro atoms. The van der Waals surface area contributed by atoms with Crippen molar-refractivity contribution in [1.29, 1.82) is 0 Å². The Bertz CT molecular complexity index is 736. The van der Waals surface area contributed by atoms with E-state index in [-0.39, 0.29) is 5.56 Å². The molecule has 0 amide bonds. The van der Waals surface area contributed by atoms with Crippen LogP contribution in [0.4, 0.5) is 4.39 Å². The van der Waals surface area contributed by atoms with Crippen LogP contribution >= 0.6 is 0 Å². The van der Waals surface area contributed by atoms with Crippen LogP contribution in [0.2, 0.25) is 0 Å². The predicted molar refractivity (Wildman–Crippen MR) is 64.7 cm³/mol. The topological polar surface area (TPSA) is 97.7 Å². The monoisotopic (exact) mass is 300 g/mol. The number of aliphatic carboxylic acids is 1. The second-order valence-electron chi connectivity index (χ2n) is 4.18. The van der Waals surface area contributed by atoms with Crippen LogP contribution in [0, 0.1) is 5.82 Å². The highest BCUT2D eigenvalue weighted by Gasteiger charge is 2.56. The highest BCUT2D eigenvalue weighted by Crippen LogP contribution is 2.40. The number of rotatable bonds is 3. The number of sulfone groups is 1. The first-order chi connectivity index (χ1) is 9.18. The van der Waals surface area contributed by atoms with Gasteiger partial charge in [-0.15, -0.1) is 0 Å². The molecule has 106 valence electrons. The van der Waals surface area contributed by atoms with Crippen LogP contribution in [0.5, 0.6) is 0 Å². The van der Waals surface area contributed by atoms with Gasteiger partial charge in [0.1, 0.15) is 5.82 Å². The minimum atomic E-state index is -4.20. The lowest BCUT2D eigenvalue weighted by molar-refractivity contribution is -0.138. The van der Waals surface area contributed by atoms with Gasteiger partial charge >= 0.3 is 5.97 Å². The van der Waals surface area contributed by atoms with Gasteiger partial charge in [0.2, 0.25) is 21.4 Å². The maximum Gasteiger partial charge on any atom is 0.371 e. The van der Waals surface area contributed by atoms with E-state index in [1.807, 2.05) is 0 Å². The maximum atomic E-state index is 13.3. The minimum Gasteiger partial charge on any atom is -0.475 e. The zero-order chi connectivity index (χ0) is 15.1. The largest absolute Gasteiger partial charge is 0.475 e. The zero-order valence-corrected chi connectivity index (χ0v) is 11.0. The number of carbonyl (C=O) groups excluding carboxylic acids is 1. The van der Waals surface area contributed by atoms with Crippen molar-refractivity contribution >= 4 is 21.6 Å². The van der Waals surface area contributed by atoms with Gasteiger partial charge in [-0.2, -0.15) is 0 Å². The number of halogens is 1. The molecule has 0 aromatic heterocycles. The van der Waals surface area contributed by atoms with E-state index in [0.29, 0.717) is 12.3 Å². The van der Waals surface area contributed by atoms with E-state index in [0.717, 1.165) is 12.1 Å². The molecule has 0 aliphatic carbocycles. The van der Waals surface area contributed by atoms with E-state index < -0.39 is 38.1 Å². The molecule has 1 heterocycles. The molecule has 1 atom stereocenters. The summed E-state index contributed by atoms with van der Waals surface area (Å²) in [5.74, 6) is -4.24. The van der Waals surface area contributed by atoms with Gasteiger partial charge in [-0.3, -0.25) is 4.79 Å². The van der Waals surface area contributed by atoms with Crippen molar-refractivity contribution < 1.29 is 32.2 Å². The summed E-state index contributed by atoms with van der Waals surface area (Å²) >= 11 is 0. The summed E-state index contributed by atoms with van der Waals surface area (Å²) in [6.45, 7) is 0. The number of hydrogen-bond donors (Lipinski definition) is 1. The number of ether oxygens (including phenoxy) is 1. The normalized spacial score (nSPS) is 22.3. The minimum absolute atomic E-state index is 0.280. The number of carboxylic acids is 1. The van der Waals surface area contributed by atoms with E-state index in [2.05, 4.69) is 0 Å². The number of carboxylic acid groups (broad SMARTS) is 1. The van der Waals surface area contributed by atoms with Crippen LogP contribution in [0.15, 0.2) is 36.1 Å². The predicted octanol–water partition coefficient (Wildman–Crippen LogP) is 0.591. The number of carbonyl (C=O) groups is 2. The Hall–Kier alpha value is -2.22. The number of ketones is 1. The average molecular weight is 300 g/mol. The molecule has 1 N–H and O–H groups in total. The Balaban J connectivity index is 2.69. The van der Waals surface area contributed by atoms with Crippen molar-refractivity contribution in [2.45, 2.75) is 4.93 Å². The fourth-order valence-corrected chi connectivity index (χ4v) is 3.14. The third kappa shape index (κ3) is 1.97. The molecule has 0 fully saturated rings. The molecule has 1 aliphatic heterocycles. The van der Waals surface area contributed by atoms with Crippen molar-refractivity contribution in [2.75, 3.05) is 6.26 Å². The molecule has 20 heavy (non-hydrogen) atoms. The summed E-state index contributed by atoms with van der Waals surface area (Å²) in [5.41, 5.74) is -0.280. The van der Waals surface area contributed by atoms with Crippen molar-refractivity contribution in [3.63, 3.8) is 0 Å². The van der Waals surface area contributed by atoms with E-state index in [1.54, 1.807) is 0 Å². The molecule has 0 saturated heterocycles. The number of benzene rings is 1. The quantitative estimate of drug-likeness (QED) is 0.877. The summed E-state index contributed by atoms with van der Waals surface area (Å²) in [6, 6.07) is 4.26. The van der Waals surface area contributed by atoms with Gasteiger partial charge in [0, 0.05) is 17.9 Å². The van der Waals surface area contributed by atoms with Gasteiger partial charge in [-0.1, -0.05) is 12.1 Å². The van der Waals surface area contributed by atoms with E-state index >= 15 is 0 Å². The molecule has 0 bridgehead atoms. The van der Waals surface area contributed by atoms with Crippen molar-refractivity contribution in [3.8, 4) is 0 Å². The molecule has 2 rings (SSSR count). The van der Waals surface area contributed by atoms with Gasteiger partial charge in [-0.05, 0) is 12.1 Å². The highest BCUT2D eigenvalue weighted by atomic mass is 32.2. The van der Waals surface area contributed by atoms with Crippen LogP contribution in [-0.2, 0) is 29.1 Å². The van der Waals surface area contributed by atoms with Crippen molar-refractivity contribution in [3.05, 3.63) is 47.5 Å². The first-order valence-corrected chi connectivity index (χ1v) is 7.21. The summed E-state index contributed by atoms with van der Waals surface area (Å²) in [7, 11) is -4.20. The molecular weight excluding hydrogens is 291 g/mol. The fraction of sp³-hybridized carbons (Fsp3) is 0.167. The molecule has 1 aliphatic rings. The van der Waals surface area contributed by atoms with Crippen molar-refractivity contribution in [2.24, 2.45) is 0 Å². The Morgan fingerprint density at radius 3 is 2.50 bits per heavy atom. The van der Waals surface area contributed by atoms with Crippen LogP contribution in [0.25, 0.3) is 0 Å². The summed E-state index contributed by atoms with van der Waals surface area (Å²) < 4.78 is 42.1. The lowest BCUT2D eigenvalue weighted by atomic mass is 10.1. The van der Waals surface area contributed by atoms with Gasteiger partial charge < -0.3 is 9.84 Å². The molecule has 6 nitrogen and oxygen atoms in total. The molecule has 8 heteroatoms. The molecule has 0 radical (unpaired) electrons. The lowest BCUT2D eigenvalue weighted by Crippen LogP contribution is -2.41. The second-order valence-corrected chi connectivity index (χ2v) is 6.30. The van der Waals surface area contributed by atoms with E-state index in [1.165, 1.54) is 12.1 Å². The average Bonchev–Trinajstić information content (AvgIpc) is 2.67. The van der Waals surface area contributed by atoms with E-state index in [4.69, 9.17) is 9.84 Å². The maximum absolute atomic E-state index is 13.3. The third-order valence-electron chi connectivity index (χ3n) is 2.78. The van der Waals surface area contributed by atoms with Crippen LogP contribution in [0.3, 0.4) is 0 Å². The second kappa shape index (κ2) is 4.41. The molecular formula is C12H9FO6S. The first kappa shape index (κ1) is 14.2. The van der Waals surface area contributed by atoms with Gasteiger partial charge in [-0.25, -0.2) is 17.6 Å². The highest BCUT2D eigenvalue weighted by molar-refractivity contribution is 7.92. The summed E-state index contributed by atoms with van der Waals surface area (Å²) in [4.78, 5) is 20.3. The SMILES string of the molecule is CS(=O)(=O)C1(c2cccc(F)c2)OC(C(=O)O)=CC1=O. The smallest absolute Gasteiger partial charge is 0.371 e. The first-order valence-electron chi connectivity index (χ1n) is 5.32. The summed E-state index contributed by atoms with van der Waals surface area (Å²) in [5, 5.41) is 8.82. The molecule has 1 aromatic carbocycles. The Morgan fingerprint density at radius 2 is 2.05 bits per heavy atom. The fourth-order valence-electron chi connectivity index (χ4n) is 1.92. The van der Waals surface area contributed by atoms with Gasteiger partial charge in [0.15, 0.2) is 0 Å². The molecule has 1 aromatic rings. The number of hydrogen-bond acceptors (Lipinski definition) is 5. The third-order valence-corrected chi connectivity index (χ3v) is 4.34. The van der Waals surface area contributed by atoms with Crippen LogP contribution < -0.4 is 0 Å². The molecule has 1 unspecified atom stereocenters. The lowest BCUT2D eigenvalue weighted by Gasteiger charge is -2.26. The van der Waals surface area contributed by atoms with E-state index in [9.17, 15) is 22.4 Å². The summed E-state index contributed by atoms with van der Waals surface area (Å²) in [6.07, 6.45) is 1.29. The van der Waals surface area contributed by atoms with Gasteiger partial charge in [0.05, 0.1) is 0 Å². The Morgan fingerprint density at radius 1 is 1.40 bits per heavy atom. The van der Waals surface area contributed by atoms with Crippen molar-refractivity contribution in [1.82, 2.24) is 0 Å². The zero-order valence-electron chi connectivity index (χ0n) is 10.2. The molecule has 0 saturated carbocycles. The van der Waals surface area contributed by atoms with Crippen LogP contribution in [0.1, 0.15) is 5.56 Å². The van der Waals surface area contributed by atoms with Crippen LogP contribution in [-0.4, -0.2) is 31.5 Å². The van der Waals surface area contributed by atoms with Gasteiger partial charge in [0.25, 0.3) is 4.93 Å².